The van der Waals surface area contributed by atoms with E-state index in [1.54, 1.807) is 11.1 Å². The predicted molar refractivity (Wildman–Crippen MR) is 113 cm³/mol. The molecule has 3 heterocycles. The summed E-state index contributed by atoms with van der Waals surface area (Å²) in [5.74, 6) is -0.462. The second kappa shape index (κ2) is 9.36. The van der Waals surface area contributed by atoms with Crippen LogP contribution in [0.2, 0.25) is 0 Å². The first-order valence-electron chi connectivity index (χ1n) is 11.1. The first-order chi connectivity index (χ1) is 15.8. The molecule has 4 rings (SSSR count). The van der Waals surface area contributed by atoms with Crippen LogP contribution in [0.4, 0.5) is 13.2 Å². The van der Waals surface area contributed by atoms with Crippen molar-refractivity contribution in [3.63, 3.8) is 0 Å². The summed E-state index contributed by atoms with van der Waals surface area (Å²) in [6, 6.07) is 4.64. The fourth-order valence-electron chi connectivity index (χ4n) is 4.55. The lowest BCUT2D eigenvalue weighted by molar-refractivity contribution is -0.140. The van der Waals surface area contributed by atoms with E-state index in [4.69, 9.17) is 0 Å². The van der Waals surface area contributed by atoms with E-state index in [-0.39, 0.29) is 49.6 Å². The number of nitrogens with one attached hydrogen (secondary N) is 1. The highest BCUT2D eigenvalue weighted by atomic mass is 19.4. The number of hydrogen-bond acceptors (Lipinski definition) is 4. The maximum absolute atomic E-state index is 13.0. The highest BCUT2D eigenvalue weighted by Crippen LogP contribution is 2.37. The number of alkyl halides is 3. The molecule has 1 atom stereocenters. The van der Waals surface area contributed by atoms with Crippen molar-refractivity contribution in [2.75, 3.05) is 13.1 Å². The summed E-state index contributed by atoms with van der Waals surface area (Å²) in [5.41, 5.74) is 1.24. The molecule has 0 radical (unpaired) electrons. The van der Waals surface area contributed by atoms with Gasteiger partial charge in [-0.05, 0) is 43.4 Å². The Hall–Kier alpha value is -3.17. The molecule has 10 heteroatoms. The molecule has 3 amide bonds. The van der Waals surface area contributed by atoms with Gasteiger partial charge < -0.3 is 4.90 Å². The molecule has 0 unspecified atom stereocenters. The van der Waals surface area contributed by atoms with Crippen molar-refractivity contribution in [3.8, 4) is 11.1 Å². The summed E-state index contributed by atoms with van der Waals surface area (Å²) in [5, 5.41) is 7.06. The summed E-state index contributed by atoms with van der Waals surface area (Å²) >= 11 is 0. The molecule has 0 aliphatic carbocycles. The third-order valence-electron chi connectivity index (χ3n) is 6.28. The summed E-state index contributed by atoms with van der Waals surface area (Å²) < 4.78 is 38.7. The number of H-pyrrole nitrogens is 1. The molecular weight excluding hydrogens is 437 g/mol. The molecule has 2 fully saturated rings. The van der Waals surface area contributed by atoms with E-state index in [0.29, 0.717) is 36.2 Å². The van der Waals surface area contributed by atoms with Crippen LogP contribution < -0.4 is 0 Å². The first-order valence-corrected chi connectivity index (χ1v) is 11.1. The molecule has 2 saturated heterocycles. The van der Waals surface area contributed by atoms with Crippen LogP contribution in [0.15, 0.2) is 30.5 Å². The van der Waals surface area contributed by atoms with E-state index in [1.807, 2.05) is 0 Å². The number of aromatic nitrogens is 2. The Morgan fingerprint density at radius 3 is 2.45 bits per heavy atom. The number of rotatable bonds is 6. The van der Waals surface area contributed by atoms with Gasteiger partial charge in [-0.15, -0.1) is 0 Å². The van der Waals surface area contributed by atoms with Crippen molar-refractivity contribution in [2.24, 2.45) is 0 Å². The summed E-state index contributed by atoms with van der Waals surface area (Å²) in [6.45, 7) is 0.805. The Morgan fingerprint density at radius 2 is 1.79 bits per heavy atom. The largest absolute Gasteiger partial charge is 0.416 e. The Balaban J connectivity index is 1.46. The molecule has 2 aliphatic heterocycles. The molecule has 0 saturated carbocycles. The Morgan fingerprint density at radius 1 is 1.09 bits per heavy atom. The van der Waals surface area contributed by atoms with Crippen LogP contribution in [-0.4, -0.2) is 50.8 Å². The van der Waals surface area contributed by atoms with Crippen molar-refractivity contribution in [3.05, 3.63) is 41.7 Å². The third-order valence-corrected chi connectivity index (χ3v) is 6.28. The average molecular weight is 462 g/mol. The van der Waals surface area contributed by atoms with Gasteiger partial charge >= 0.3 is 6.18 Å². The van der Waals surface area contributed by atoms with Crippen LogP contribution in [0.1, 0.15) is 62.2 Å². The molecule has 1 aromatic carbocycles. The second-order valence-corrected chi connectivity index (χ2v) is 8.41. The van der Waals surface area contributed by atoms with Crippen LogP contribution in [0.25, 0.3) is 11.1 Å². The molecule has 0 spiro atoms. The Kier molecular flexibility index (Phi) is 6.53. The number of imide groups is 1. The maximum atomic E-state index is 13.0. The van der Waals surface area contributed by atoms with Crippen LogP contribution in [0.5, 0.6) is 0 Å². The molecule has 1 N–H and O–H groups in total. The zero-order chi connectivity index (χ0) is 23.6. The fourth-order valence-corrected chi connectivity index (χ4v) is 4.55. The van der Waals surface area contributed by atoms with Crippen molar-refractivity contribution in [2.45, 2.75) is 57.2 Å². The highest BCUT2D eigenvalue weighted by Gasteiger charge is 2.33. The molecule has 0 bridgehead atoms. The first kappa shape index (κ1) is 23.0. The molecule has 33 heavy (non-hydrogen) atoms. The fraction of sp³-hybridized carbons (Fsp3) is 0.478. The quantitative estimate of drug-likeness (QED) is 0.656. The van der Waals surface area contributed by atoms with Crippen molar-refractivity contribution >= 4 is 17.7 Å². The summed E-state index contributed by atoms with van der Waals surface area (Å²) in [6.07, 6.45) is 0.706. The van der Waals surface area contributed by atoms with E-state index >= 15 is 0 Å². The molecule has 2 aromatic rings. The van der Waals surface area contributed by atoms with Crippen LogP contribution in [0, 0.1) is 0 Å². The predicted octanol–water partition coefficient (Wildman–Crippen LogP) is 4.08. The number of hydrogen-bond donors (Lipinski definition) is 1. The van der Waals surface area contributed by atoms with Gasteiger partial charge in [-0.3, -0.25) is 24.4 Å². The van der Waals surface area contributed by atoms with E-state index in [9.17, 15) is 27.6 Å². The second-order valence-electron chi connectivity index (χ2n) is 8.41. The minimum atomic E-state index is -4.41. The molecule has 1 aromatic heterocycles. The van der Waals surface area contributed by atoms with Crippen LogP contribution >= 0.6 is 0 Å². The van der Waals surface area contributed by atoms with E-state index in [1.165, 1.54) is 17.0 Å². The third kappa shape index (κ3) is 4.94. The monoisotopic (exact) mass is 462 g/mol. The van der Waals surface area contributed by atoms with E-state index in [2.05, 4.69) is 10.2 Å². The van der Waals surface area contributed by atoms with Gasteiger partial charge in [0.05, 0.1) is 23.5 Å². The average Bonchev–Trinajstić information content (AvgIpc) is 3.41. The number of piperidine rings is 1. The van der Waals surface area contributed by atoms with Gasteiger partial charge in [-0.1, -0.05) is 12.1 Å². The maximum Gasteiger partial charge on any atom is 0.416 e. The summed E-state index contributed by atoms with van der Waals surface area (Å²) in [4.78, 5) is 39.5. The lowest BCUT2D eigenvalue weighted by Crippen LogP contribution is -2.39. The SMILES string of the molecule is O=C1CCC(=O)N1CCCC(=O)N1CCCC[C@H]1c1[nH]ncc1-c1ccc(C(F)(F)F)cc1. The van der Waals surface area contributed by atoms with Gasteiger partial charge in [-0.25, -0.2) is 0 Å². The molecule has 176 valence electrons. The van der Waals surface area contributed by atoms with Gasteiger partial charge in [0.2, 0.25) is 17.7 Å². The smallest absolute Gasteiger partial charge is 0.334 e. The number of likely N-dealkylation sites (tertiary alicyclic amines) is 2. The number of carbonyl (C=O) groups excluding carboxylic acids is 3. The van der Waals surface area contributed by atoms with Crippen molar-refractivity contribution in [1.29, 1.82) is 0 Å². The van der Waals surface area contributed by atoms with Crippen LogP contribution in [-0.2, 0) is 20.6 Å². The van der Waals surface area contributed by atoms with Crippen molar-refractivity contribution in [1.82, 2.24) is 20.0 Å². The van der Waals surface area contributed by atoms with Gasteiger partial charge in [0.15, 0.2) is 0 Å². The Bertz CT molecular complexity index is 1020. The lowest BCUT2D eigenvalue weighted by atomic mass is 9.94. The van der Waals surface area contributed by atoms with E-state index < -0.39 is 11.7 Å². The zero-order valence-corrected chi connectivity index (χ0v) is 18.0. The topological polar surface area (TPSA) is 86.4 Å². The molecule has 7 nitrogen and oxygen atoms in total. The number of halogens is 3. The zero-order valence-electron chi connectivity index (χ0n) is 18.0. The normalized spacial score (nSPS) is 19.4. The molecular formula is C23H25F3N4O3. The lowest BCUT2D eigenvalue weighted by Gasteiger charge is -2.36. The van der Waals surface area contributed by atoms with Crippen molar-refractivity contribution < 1.29 is 27.6 Å². The van der Waals surface area contributed by atoms with Gasteiger partial charge in [0.25, 0.3) is 0 Å². The number of nitrogens with zero attached hydrogens (tertiary/aromatic N) is 3. The minimum absolute atomic E-state index is 0.0771. The van der Waals surface area contributed by atoms with Gasteiger partial charge in [0, 0.05) is 37.9 Å². The number of amides is 3. The van der Waals surface area contributed by atoms with Crippen LogP contribution in [0.3, 0.4) is 0 Å². The standard InChI is InChI=1S/C23H25F3N4O3/c24-23(25,26)16-8-6-15(7-9-16)17-14-27-28-22(17)18-4-1-2-12-29(18)19(31)5-3-13-30-20(32)10-11-21(30)33/h6-9,14,18H,1-5,10-13H2,(H,27,28)/t18-/m0/s1. The highest BCUT2D eigenvalue weighted by molar-refractivity contribution is 6.01. The Labute approximate surface area is 188 Å². The number of benzene rings is 1. The van der Waals surface area contributed by atoms with Gasteiger partial charge in [-0.2, -0.15) is 18.3 Å². The van der Waals surface area contributed by atoms with E-state index in [0.717, 1.165) is 25.0 Å². The molecule has 2 aliphatic rings. The van der Waals surface area contributed by atoms with Gasteiger partial charge in [0.1, 0.15) is 0 Å². The number of carbonyl (C=O) groups is 3. The summed E-state index contributed by atoms with van der Waals surface area (Å²) in [7, 11) is 0. The minimum Gasteiger partial charge on any atom is -0.334 e. The number of aromatic amines is 1.